The van der Waals surface area contributed by atoms with Crippen LogP contribution in [-0.2, 0) is 13.1 Å². The maximum absolute atomic E-state index is 4.43. The molecular formula is C16H21N3. The van der Waals surface area contributed by atoms with Crippen molar-refractivity contribution in [2.75, 3.05) is 0 Å². The molecule has 3 nitrogen and oxygen atoms in total. The molecule has 1 atom stereocenters. The molecule has 1 heterocycles. The predicted octanol–water partition coefficient (Wildman–Crippen LogP) is 2.82. The fraction of sp³-hybridized carbons (Fsp3) is 0.438. The molecule has 0 aliphatic heterocycles. The molecule has 1 aliphatic carbocycles. The average Bonchev–Trinajstić information content (AvgIpc) is 3.19. The zero-order chi connectivity index (χ0) is 13.1. The van der Waals surface area contributed by atoms with E-state index in [1.54, 1.807) is 0 Å². The molecule has 1 unspecified atom stereocenters. The van der Waals surface area contributed by atoms with Gasteiger partial charge in [0, 0.05) is 24.3 Å². The van der Waals surface area contributed by atoms with Crippen molar-refractivity contribution in [2.24, 2.45) is 5.92 Å². The van der Waals surface area contributed by atoms with Crippen LogP contribution in [0.5, 0.6) is 0 Å². The molecule has 2 aromatic rings. The van der Waals surface area contributed by atoms with Crippen LogP contribution in [0, 0.1) is 5.92 Å². The summed E-state index contributed by atoms with van der Waals surface area (Å²) in [6.45, 7) is 4.05. The third-order valence-corrected chi connectivity index (χ3v) is 3.83. The molecule has 0 bridgehead atoms. The maximum atomic E-state index is 4.43. The Balaban J connectivity index is 1.54. The Morgan fingerprint density at radius 2 is 2.05 bits per heavy atom. The molecule has 1 aliphatic rings. The van der Waals surface area contributed by atoms with Gasteiger partial charge in [0.05, 0.1) is 12.7 Å². The molecule has 1 saturated carbocycles. The number of aromatic nitrogens is 2. The summed E-state index contributed by atoms with van der Waals surface area (Å²) in [7, 11) is 0. The van der Waals surface area contributed by atoms with Gasteiger partial charge in [0.15, 0.2) is 0 Å². The van der Waals surface area contributed by atoms with Crippen molar-refractivity contribution in [3.63, 3.8) is 0 Å². The molecule has 0 radical (unpaired) electrons. The van der Waals surface area contributed by atoms with Crippen molar-refractivity contribution >= 4 is 0 Å². The summed E-state index contributed by atoms with van der Waals surface area (Å²) in [5.74, 6) is 0.902. The van der Waals surface area contributed by atoms with Gasteiger partial charge in [-0.15, -0.1) is 0 Å². The van der Waals surface area contributed by atoms with Crippen LogP contribution < -0.4 is 5.32 Å². The highest BCUT2D eigenvalue weighted by molar-refractivity contribution is 5.15. The first-order valence-corrected chi connectivity index (χ1v) is 7.10. The topological polar surface area (TPSA) is 29.9 Å². The lowest BCUT2D eigenvalue weighted by Crippen LogP contribution is -2.27. The van der Waals surface area contributed by atoms with E-state index < -0.39 is 0 Å². The first-order chi connectivity index (χ1) is 9.31. The number of nitrogens with zero attached hydrogens (tertiary/aromatic N) is 2. The average molecular weight is 255 g/mol. The van der Waals surface area contributed by atoms with E-state index in [1.807, 2.05) is 16.9 Å². The highest BCUT2D eigenvalue weighted by Gasteiger charge is 2.27. The van der Waals surface area contributed by atoms with Crippen molar-refractivity contribution in [2.45, 2.75) is 38.9 Å². The molecular weight excluding hydrogens is 234 g/mol. The molecule has 0 spiro atoms. The highest BCUT2D eigenvalue weighted by atomic mass is 15.3. The first-order valence-electron chi connectivity index (χ1n) is 7.10. The Kier molecular flexibility index (Phi) is 3.65. The number of nitrogens with one attached hydrogen (secondary N) is 1. The Bertz CT molecular complexity index is 514. The van der Waals surface area contributed by atoms with Crippen molar-refractivity contribution in [1.29, 1.82) is 0 Å². The van der Waals surface area contributed by atoms with E-state index in [0.717, 1.165) is 19.0 Å². The number of hydrogen-bond acceptors (Lipinski definition) is 2. The van der Waals surface area contributed by atoms with Gasteiger partial charge < -0.3 is 5.32 Å². The Hall–Kier alpha value is -1.61. The molecule has 19 heavy (non-hydrogen) atoms. The van der Waals surface area contributed by atoms with Crippen LogP contribution >= 0.6 is 0 Å². The highest BCUT2D eigenvalue weighted by Crippen LogP contribution is 2.32. The van der Waals surface area contributed by atoms with Crippen LogP contribution in [-0.4, -0.2) is 15.8 Å². The van der Waals surface area contributed by atoms with E-state index in [4.69, 9.17) is 0 Å². The second-order valence-electron chi connectivity index (χ2n) is 5.54. The third kappa shape index (κ3) is 3.44. The quantitative estimate of drug-likeness (QED) is 0.860. The minimum atomic E-state index is 0.637. The number of benzene rings is 1. The summed E-state index contributed by atoms with van der Waals surface area (Å²) >= 11 is 0. The van der Waals surface area contributed by atoms with Crippen LogP contribution in [0.15, 0.2) is 42.7 Å². The van der Waals surface area contributed by atoms with Gasteiger partial charge in [0.2, 0.25) is 0 Å². The third-order valence-electron chi connectivity index (χ3n) is 3.83. The molecule has 100 valence electrons. The summed E-state index contributed by atoms with van der Waals surface area (Å²) in [6.07, 6.45) is 6.89. The lowest BCUT2D eigenvalue weighted by Gasteiger charge is -2.10. The van der Waals surface area contributed by atoms with Gasteiger partial charge >= 0.3 is 0 Å². The van der Waals surface area contributed by atoms with Gasteiger partial charge in [-0.25, -0.2) is 0 Å². The van der Waals surface area contributed by atoms with Crippen molar-refractivity contribution in [1.82, 2.24) is 15.1 Å². The molecule has 1 fully saturated rings. The van der Waals surface area contributed by atoms with Crippen LogP contribution in [0.1, 0.15) is 30.9 Å². The zero-order valence-corrected chi connectivity index (χ0v) is 11.4. The predicted molar refractivity (Wildman–Crippen MR) is 76.8 cm³/mol. The fourth-order valence-electron chi connectivity index (χ4n) is 2.40. The maximum Gasteiger partial charge on any atom is 0.0659 e. The Morgan fingerprint density at radius 3 is 2.79 bits per heavy atom. The van der Waals surface area contributed by atoms with Gasteiger partial charge in [-0.1, -0.05) is 30.3 Å². The minimum Gasteiger partial charge on any atom is -0.310 e. The van der Waals surface area contributed by atoms with Gasteiger partial charge in [0.25, 0.3) is 0 Å². The summed E-state index contributed by atoms with van der Waals surface area (Å²) < 4.78 is 2.01. The first kappa shape index (κ1) is 12.4. The fourth-order valence-corrected chi connectivity index (χ4v) is 2.40. The van der Waals surface area contributed by atoms with Crippen molar-refractivity contribution in [3.05, 3.63) is 53.9 Å². The van der Waals surface area contributed by atoms with Gasteiger partial charge in [-0.3, -0.25) is 4.68 Å². The van der Waals surface area contributed by atoms with Gasteiger partial charge in [0.1, 0.15) is 0 Å². The molecule has 3 heteroatoms. The van der Waals surface area contributed by atoms with E-state index in [9.17, 15) is 0 Å². The second kappa shape index (κ2) is 5.57. The molecule has 0 amide bonds. The molecule has 1 N–H and O–H groups in total. The summed E-state index contributed by atoms with van der Waals surface area (Å²) in [5.41, 5.74) is 2.56. The second-order valence-corrected chi connectivity index (χ2v) is 5.54. The van der Waals surface area contributed by atoms with Gasteiger partial charge in [-0.05, 0) is 31.2 Å². The van der Waals surface area contributed by atoms with Crippen LogP contribution in [0.4, 0.5) is 0 Å². The van der Waals surface area contributed by atoms with E-state index in [-0.39, 0.29) is 0 Å². The lowest BCUT2D eigenvalue weighted by atomic mass is 10.2. The molecule has 3 rings (SSSR count). The smallest absolute Gasteiger partial charge is 0.0659 e. The number of hydrogen-bond donors (Lipinski definition) is 1. The van der Waals surface area contributed by atoms with Crippen molar-refractivity contribution in [3.8, 4) is 0 Å². The molecule has 1 aromatic heterocycles. The number of rotatable bonds is 6. The standard InChI is InChI=1S/C16H21N3/c1-13(16-7-8-16)17-9-15-10-18-19(12-15)11-14-5-3-2-4-6-14/h2-6,10,12-13,16-17H,7-9,11H2,1H3. The lowest BCUT2D eigenvalue weighted by molar-refractivity contribution is 0.496. The van der Waals surface area contributed by atoms with Crippen LogP contribution in [0.2, 0.25) is 0 Å². The van der Waals surface area contributed by atoms with E-state index >= 15 is 0 Å². The summed E-state index contributed by atoms with van der Waals surface area (Å²) in [5, 5.41) is 8.01. The summed E-state index contributed by atoms with van der Waals surface area (Å²) in [4.78, 5) is 0. The van der Waals surface area contributed by atoms with Crippen LogP contribution in [0.3, 0.4) is 0 Å². The van der Waals surface area contributed by atoms with Gasteiger partial charge in [-0.2, -0.15) is 5.10 Å². The zero-order valence-electron chi connectivity index (χ0n) is 11.4. The van der Waals surface area contributed by atoms with Crippen molar-refractivity contribution < 1.29 is 0 Å². The SMILES string of the molecule is CC(NCc1cnn(Cc2ccccc2)c1)C1CC1. The molecule has 1 aromatic carbocycles. The molecule has 0 saturated heterocycles. The van der Waals surface area contributed by atoms with Crippen LogP contribution in [0.25, 0.3) is 0 Å². The van der Waals surface area contributed by atoms with E-state index in [0.29, 0.717) is 6.04 Å². The van der Waals surface area contributed by atoms with E-state index in [1.165, 1.54) is 24.0 Å². The van der Waals surface area contributed by atoms with E-state index in [2.05, 4.69) is 47.8 Å². The monoisotopic (exact) mass is 255 g/mol. The minimum absolute atomic E-state index is 0.637. The summed E-state index contributed by atoms with van der Waals surface area (Å²) in [6, 6.07) is 11.1. The Morgan fingerprint density at radius 1 is 1.26 bits per heavy atom. The largest absolute Gasteiger partial charge is 0.310 e. The Labute approximate surface area is 114 Å². The normalized spacial score (nSPS) is 16.5.